The number of carbonyl (C=O) groups is 2. The lowest BCUT2D eigenvalue weighted by Crippen LogP contribution is -2.58. The lowest BCUT2D eigenvalue weighted by Gasteiger charge is -2.47. The van der Waals surface area contributed by atoms with E-state index < -0.39 is 11.2 Å². The Kier molecular flexibility index (Phi) is 4.42. The SMILES string of the molecule is CC1(CC(=O)OC(C)(C)C)CN(C(=O)OC(C)(C)C)C1. The molecule has 0 aromatic heterocycles. The molecule has 5 heteroatoms. The summed E-state index contributed by atoms with van der Waals surface area (Å²) in [5.74, 6) is -0.219. The highest BCUT2D eigenvalue weighted by Crippen LogP contribution is 2.35. The van der Waals surface area contributed by atoms with Crippen LogP contribution in [0.2, 0.25) is 0 Å². The van der Waals surface area contributed by atoms with E-state index in [1.165, 1.54) is 0 Å². The van der Waals surface area contributed by atoms with Crippen LogP contribution in [0.15, 0.2) is 0 Å². The van der Waals surface area contributed by atoms with Crippen molar-refractivity contribution in [2.24, 2.45) is 5.41 Å². The van der Waals surface area contributed by atoms with Crippen LogP contribution in [0.4, 0.5) is 4.79 Å². The van der Waals surface area contributed by atoms with Crippen molar-refractivity contribution in [3.8, 4) is 0 Å². The van der Waals surface area contributed by atoms with Crippen LogP contribution in [0.3, 0.4) is 0 Å². The minimum atomic E-state index is -0.492. The van der Waals surface area contributed by atoms with Gasteiger partial charge in [-0.25, -0.2) is 4.79 Å². The Balaban J connectivity index is 2.42. The second-order valence-electron chi connectivity index (χ2n) is 7.91. The molecule has 1 amide bonds. The first-order valence-corrected chi connectivity index (χ1v) is 7.00. The molecule has 0 radical (unpaired) electrons. The quantitative estimate of drug-likeness (QED) is 0.732. The minimum absolute atomic E-state index is 0.209. The van der Waals surface area contributed by atoms with Gasteiger partial charge in [-0.15, -0.1) is 0 Å². The number of rotatable bonds is 2. The summed E-state index contributed by atoms with van der Waals surface area (Å²) < 4.78 is 10.6. The van der Waals surface area contributed by atoms with Crippen molar-refractivity contribution < 1.29 is 19.1 Å². The molecule has 0 saturated carbocycles. The molecule has 0 unspecified atom stereocenters. The molecule has 20 heavy (non-hydrogen) atoms. The van der Waals surface area contributed by atoms with Gasteiger partial charge >= 0.3 is 12.1 Å². The van der Waals surface area contributed by atoms with E-state index in [1.807, 2.05) is 48.5 Å². The highest BCUT2D eigenvalue weighted by molar-refractivity contribution is 5.73. The zero-order chi connectivity index (χ0) is 15.8. The molecule has 1 heterocycles. The topological polar surface area (TPSA) is 55.8 Å². The van der Waals surface area contributed by atoms with Gasteiger partial charge in [-0.3, -0.25) is 4.79 Å². The number of hydrogen-bond donors (Lipinski definition) is 0. The average Bonchev–Trinajstić information content (AvgIpc) is 2.06. The van der Waals surface area contributed by atoms with E-state index in [0.717, 1.165) is 0 Å². The zero-order valence-electron chi connectivity index (χ0n) is 13.7. The lowest BCUT2D eigenvalue weighted by molar-refractivity contribution is -0.160. The van der Waals surface area contributed by atoms with Gasteiger partial charge in [-0.2, -0.15) is 0 Å². The first kappa shape index (κ1) is 16.8. The minimum Gasteiger partial charge on any atom is -0.460 e. The summed E-state index contributed by atoms with van der Waals surface area (Å²) in [6.07, 6.45) is 0.00277. The van der Waals surface area contributed by atoms with E-state index in [1.54, 1.807) is 4.90 Å². The number of carbonyl (C=O) groups excluding carboxylic acids is 2. The number of likely N-dealkylation sites (tertiary alicyclic amines) is 1. The molecule has 0 bridgehead atoms. The van der Waals surface area contributed by atoms with Crippen molar-refractivity contribution >= 4 is 12.1 Å². The van der Waals surface area contributed by atoms with E-state index in [-0.39, 0.29) is 17.5 Å². The van der Waals surface area contributed by atoms with Gasteiger partial charge in [-0.1, -0.05) is 6.92 Å². The van der Waals surface area contributed by atoms with E-state index >= 15 is 0 Å². The predicted octanol–water partition coefficient (Wildman–Crippen LogP) is 2.98. The third kappa shape index (κ3) is 5.39. The van der Waals surface area contributed by atoms with Crippen molar-refractivity contribution in [1.29, 1.82) is 0 Å². The summed E-state index contributed by atoms with van der Waals surface area (Å²) in [5.41, 5.74) is -1.17. The molecule has 0 aliphatic carbocycles. The third-order valence-corrected chi connectivity index (χ3v) is 2.79. The summed E-state index contributed by atoms with van der Waals surface area (Å²) in [6.45, 7) is 14.1. The van der Waals surface area contributed by atoms with Gasteiger partial charge in [0.2, 0.25) is 0 Å². The van der Waals surface area contributed by atoms with E-state index in [4.69, 9.17) is 9.47 Å². The van der Waals surface area contributed by atoms with E-state index in [0.29, 0.717) is 19.5 Å². The maximum atomic E-state index is 11.8. The van der Waals surface area contributed by atoms with Gasteiger partial charge in [0.25, 0.3) is 0 Å². The van der Waals surface area contributed by atoms with Crippen LogP contribution in [-0.4, -0.2) is 41.3 Å². The Hall–Kier alpha value is -1.26. The van der Waals surface area contributed by atoms with Crippen LogP contribution in [0, 0.1) is 5.41 Å². The monoisotopic (exact) mass is 285 g/mol. The molecule has 1 aliphatic heterocycles. The van der Waals surface area contributed by atoms with Crippen LogP contribution >= 0.6 is 0 Å². The molecule has 0 spiro atoms. The second-order valence-corrected chi connectivity index (χ2v) is 7.91. The smallest absolute Gasteiger partial charge is 0.410 e. The van der Waals surface area contributed by atoms with Crippen molar-refractivity contribution in [3.63, 3.8) is 0 Å². The van der Waals surface area contributed by atoms with Crippen molar-refractivity contribution in [1.82, 2.24) is 4.90 Å². The van der Waals surface area contributed by atoms with Gasteiger partial charge in [0.1, 0.15) is 11.2 Å². The number of nitrogens with zero attached hydrogens (tertiary/aromatic N) is 1. The summed E-state index contributed by atoms with van der Waals surface area (Å²) in [6, 6.07) is 0. The maximum absolute atomic E-state index is 11.8. The van der Waals surface area contributed by atoms with Crippen LogP contribution in [0.1, 0.15) is 54.9 Å². The molecule has 0 atom stereocenters. The number of hydrogen-bond acceptors (Lipinski definition) is 4. The molecule has 0 aromatic rings. The molecule has 1 rings (SSSR count). The normalized spacial score (nSPS) is 18.2. The lowest BCUT2D eigenvalue weighted by atomic mass is 9.79. The summed E-state index contributed by atoms with van der Waals surface area (Å²) in [7, 11) is 0. The molecule has 1 saturated heterocycles. The standard InChI is InChI=1S/C15H27NO4/c1-13(2,3)19-11(17)8-15(7)9-16(10-15)12(18)20-14(4,5)6/h8-10H2,1-7H3. The third-order valence-electron chi connectivity index (χ3n) is 2.79. The molecular formula is C15H27NO4. The van der Waals surface area contributed by atoms with Crippen molar-refractivity contribution in [2.75, 3.05) is 13.1 Å². The van der Waals surface area contributed by atoms with Crippen LogP contribution in [-0.2, 0) is 14.3 Å². The maximum Gasteiger partial charge on any atom is 0.410 e. The van der Waals surface area contributed by atoms with Gasteiger partial charge in [0.15, 0.2) is 0 Å². The molecule has 0 aromatic carbocycles. The largest absolute Gasteiger partial charge is 0.460 e. The number of amides is 1. The molecule has 116 valence electrons. The number of ether oxygens (including phenoxy) is 2. The van der Waals surface area contributed by atoms with Gasteiger partial charge in [0, 0.05) is 18.5 Å². The predicted molar refractivity (Wildman–Crippen MR) is 76.4 cm³/mol. The fourth-order valence-corrected chi connectivity index (χ4v) is 2.17. The van der Waals surface area contributed by atoms with Gasteiger partial charge in [-0.05, 0) is 41.5 Å². The zero-order valence-corrected chi connectivity index (χ0v) is 13.7. The molecule has 1 fully saturated rings. The molecule has 0 N–H and O–H groups in total. The Labute approximate surface area is 121 Å². The van der Waals surface area contributed by atoms with Crippen LogP contribution in [0.5, 0.6) is 0 Å². The highest BCUT2D eigenvalue weighted by Gasteiger charge is 2.44. The average molecular weight is 285 g/mol. The Bertz CT molecular complexity index is 384. The van der Waals surface area contributed by atoms with E-state index in [2.05, 4.69) is 0 Å². The Morgan fingerprint density at radius 2 is 1.45 bits per heavy atom. The van der Waals surface area contributed by atoms with Gasteiger partial charge in [0.05, 0.1) is 6.42 Å². The van der Waals surface area contributed by atoms with Gasteiger partial charge < -0.3 is 14.4 Å². The summed E-state index contributed by atoms with van der Waals surface area (Å²) >= 11 is 0. The first-order chi connectivity index (χ1) is 8.80. The highest BCUT2D eigenvalue weighted by atomic mass is 16.6. The molecule has 5 nitrogen and oxygen atoms in total. The second kappa shape index (κ2) is 5.26. The molecular weight excluding hydrogens is 258 g/mol. The van der Waals surface area contributed by atoms with Crippen LogP contribution in [0.25, 0.3) is 0 Å². The fraction of sp³-hybridized carbons (Fsp3) is 0.867. The molecule has 1 aliphatic rings. The fourth-order valence-electron chi connectivity index (χ4n) is 2.17. The van der Waals surface area contributed by atoms with Crippen molar-refractivity contribution in [2.45, 2.75) is 66.1 Å². The summed E-state index contributed by atoms with van der Waals surface area (Å²) in [5, 5.41) is 0. The van der Waals surface area contributed by atoms with E-state index in [9.17, 15) is 9.59 Å². The van der Waals surface area contributed by atoms with Crippen molar-refractivity contribution in [3.05, 3.63) is 0 Å². The summed E-state index contributed by atoms with van der Waals surface area (Å²) in [4.78, 5) is 25.3. The Morgan fingerprint density at radius 3 is 1.85 bits per heavy atom. The van der Waals surface area contributed by atoms with Crippen LogP contribution < -0.4 is 0 Å². The number of esters is 1. The Morgan fingerprint density at radius 1 is 1.00 bits per heavy atom. The first-order valence-electron chi connectivity index (χ1n) is 7.00.